The molecule has 1 amide bonds. The molecule has 9 nitrogen and oxygen atoms in total. The summed E-state index contributed by atoms with van der Waals surface area (Å²) in [5, 5.41) is 9.91. The maximum absolute atomic E-state index is 12.9. The van der Waals surface area contributed by atoms with Crippen molar-refractivity contribution in [3.8, 4) is 11.1 Å². The van der Waals surface area contributed by atoms with Crippen LogP contribution >= 0.6 is 0 Å². The molecule has 0 saturated carbocycles. The van der Waals surface area contributed by atoms with E-state index in [1.807, 2.05) is 74.5 Å². The molecule has 1 aliphatic rings. The number of fused-ring (bicyclic) bond motifs is 2. The van der Waals surface area contributed by atoms with E-state index in [2.05, 4.69) is 38.3 Å². The quantitative estimate of drug-likeness (QED) is 0.362. The lowest BCUT2D eigenvalue weighted by molar-refractivity contribution is 0.0681. The second kappa shape index (κ2) is 9.24. The van der Waals surface area contributed by atoms with Crippen LogP contribution in [0.1, 0.15) is 24.3 Å². The highest BCUT2D eigenvalue weighted by Gasteiger charge is 2.25. The topological polar surface area (TPSA) is 80.8 Å². The van der Waals surface area contributed by atoms with Crippen LogP contribution in [0, 0.1) is 6.92 Å². The van der Waals surface area contributed by atoms with Crippen molar-refractivity contribution in [1.29, 1.82) is 0 Å². The number of carbonyl (C=O) groups excluding carboxylic acids is 1. The van der Waals surface area contributed by atoms with E-state index < -0.39 is 0 Å². The second-order valence-electron chi connectivity index (χ2n) is 9.58. The summed E-state index contributed by atoms with van der Waals surface area (Å²) in [7, 11) is 1.91. The number of amides is 1. The Bertz CT molecular complexity index is 1600. The number of pyridine rings is 2. The average molecular weight is 496 g/mol. The van der Waals surface area contributed by atoms with Crippen molar-refractivity contribution in [2.45, 2.75) is 20.0 Å². The van der Waals surface area contributed by atoms with Crippen molar-refractivity contribution in [2.75, 3.05) is 31.1 Å². The normalized spacial score (nSPS) is 14.9. The Labute approximate surface area is 214 Å². The number of benzene rings is 1. The Morgan fingerprint density at radius 3 is 2.54 bits per heavy atom. The Balaban J connectivity index is 1.10. The summed E-state index contributed by atoms with van der Waals surface area (Å²) >= 11 is 0. The smallest absolute Gasteiger partial charge is 0.410 e. The number of nitrogens with zero attached hydrogens (tertiary/aromatic N) is 7. The molecular formula is C28H29N7O2. The third-order valence-electron chi connectivity index (χ3n) is 7.01. The minimum atomic E-state index is -0.356. The van der Waals surface area contributed by atoms with Gasteiger partial charge in [-0.25, -0.2) is 9.31 Å². The zero-order valence-corrected chi connectivity index (χ0v) is 21.2. The van der Waals surface area contributed by atoms with Gasteiger partial charge < -0.3 is 14.5 Å². The van der Waals surface area contributed by atoms with Crippen LogP contribution in [0.3, 0.4) is 0 Å². The lowest BCUT2D eigenvalue weighted by Crippen LogP contribution is -2.49. The van der Waals surface area contributed by atoms with Gasteiger partial charge in [0.2, 0.25) is 0 Å². The fraction of sp³-hybridized carbons (Fsp3) is 0.286. The van der Waals surface area contributed by atoms with Crippen LogP contribution in [-0.2, 0) is 11.8 Å². The Morgan fingerprint density at radius 1 is 0.946 bits per heavy atom. The molecule has 1 aliphatic heterocycles. The van der Waals surface area contributed by atoms with Gasteiger partial charge in [-0.05, 0) is 37.6 Å². The molecule has 6 rings (SSSR count). The molecule has 5 aromatic rings. The van der Waals surface area contributed by atoms with Gasteiger partial charge in [-0.15, -0.1) is 0 Å². The summed E-state index contributed by atoms with van der Waals surface area (Å²) in [6.07, 6.45) is 7.12. The predicted octanol–water partition coefficient (Wildman–Crippen LogP) is 4.61. The van der Waals surface area contributed by atoms with Gasteiger partial charge in [0.25, 0.3) is 0 Å². The van der Waals surface area contributed by atoms with Crippen LogP contribution in [0.2, 0.25) is 0 Å². The van der Waals surface area contributed by atoms with Gasteiger partial charge in [-0.1, -0.05) is 24.3 Å². The molecular weight excluding hydrogens is 466 g/mol. The number of hydrogen-bond donors (Lipinski definition) is 0. The number of aryl methyl sites for hydroxylation is 2. The molecule has 0 aliphatic carbocycles. The lowest BCUT2D eigenvalue weighted by Gasteiger charge is -2.35. The monoisotopic (exact) mass is 495 g/mol. The standard InChI is InChI=1S/C28H29N7O2/c1-19-4-5-21-6-7-22(14-25(21)31-19)20(2)37-28(36)34-12-10-33(11-13-34)27-16-30-35-18-23(8-9-26(27)35)24-15-29-32(3)17-24/h4-9,14-18,20H,10-13H2,1-3H3. The molecule has 9 heteroatoms. The molecule has 0 spiro atoms. The molecule has 1 unspecified atom stereocenters. The van der Waals surface area contributed by atoms with Crippen LogP contribution in [0.5, 0.6) is 0 Å². The van der Waals surface area contributed by atoms with Crippen LogP contribution in [0.15, 0.2) is 67.3 Å². The largest absolute Gasteiger partial charge is 0.442 e. The molecule has 1 saturated heterocycles. The van der Waals surface area contributed by atoms with Crippen LogP contribution in [0.4, 0.5) is 10.5 Å². The van der Waals surface area contributed by atoms with Crippen molar-refractivity contribution in [1.82, 2.24) is 29.3 Å². The van der Waals surface area contributed by atoms with Crippen molar-refractivity contribution in [2.24, 2.45) is 7.05 Å². The van der Waals surface area contributed by atoms with Crippen molar-refractivity contribution in [3.05, 3.63) is 78.5 Å². The summed E-state index contributed by atoms with van der Waals surface area (Å²) in [5.74, 6) is 0. The maximum atomic E-state index is 12.9. The first-order valence-electron chi connectivity index (χ1n) is 12.5. The van der Waals surface area contributed by atoms with E-state index in [1.165, 1.54) is 0 Å². The molecule has 37 heavy (non-hydrogen) atoms. The number of ether oxygens (including phenoxy) is 1. The minimum absolute atomic E-state index is 0.287. The fourth-order valence-electron chi connectivity index (χ4n) is 4.87. The summed E-state index contributed by atoms with van der Waals surface area (Å²) in [6, 6.07) is 14.3. The number of carbonyl (C=O) groups is 1. The van der Waals surface area contributed by atoms with E-state index in [0.717, 1.165) is 44.5 Å². The van der Waals surface area contributed by atoms with E-state index in [1.54, 1.807) is 9.58 Å². The van der Waals surface area contributed by atoms with E-state index in [0.29, 0.717) is 26.2 Å². The molecule has 0 bridgehead atoms. The molecule has 5 heterocycles. The third kappa shape index (κ3) is 4.48. The Morgan fingerprint density at radius 2 is 1.76 bits per heavy atom. The molecule has 1 fully saturated rings. The molecule has 0 N–H and O–H groups in total. The second-order valence-corrected chi connectivity index (χ2v) is 9.58. The Hall–Kier alpha value is -4.40. The molecule has 1 aromatic carbocycles. The first kappa shape index (κ1) is 23.0. The van der Waals surface area contributed by atoms with Crippen molar-refractivity contribution < 1.29 is 9.53 Å². The zero-order valence-electron chi connectivity index (χ0n) is 21.2. The minimum Gasteiger partial charge on any atom is -0.442 e. The first-order valence-corrected chi connectivity index (χ1v) is 12.5. The van der Waals surface area contributed by atoms with Gasteiger partial charge in [-0.2, -0.15) is 10.2 Å². The van der Waals surface area contributed by atoms with E-state index in [9.17, 15) is 4.79 Å². The molecule has 0 radical (unpaired) electrons. The highest BCUT2D eigenvalue weighted by Crippen LogP contribution is 2.27. The highest BCUT2D eigenvalue weighted by molar-refractivity contribution is 5.80. The van der Waals surface area contributed by atoms with Crippen LogP contribution in [-0.4, -0.2) is 61.6 Å². The molecule has 4 aromatic heterocycles. The number of rotatable bonds is 4. The molecule has 188 valence electrons. The number of aromatic nitrogens is 5. The third-order valence-corrected chi connectivity index (χ3v) is 7.01. The van der Waals surface area contributed by atoms with Crippen LogP contribution in [0.25, 0.3) is 27.5 Å². The number of anilines is 1. The highest BCUT2D eigenvalue weighted by atomic mass is 16.6. The van der Waals surface area contributed by atoms with E-state index in [-0.39, 0.29) is 12.2 Å². The zero-order chi connectivity index (χ0) is 25.5. The lowest BCUT2D eigenvalue weighted by atomic mass is 10.1. The average Bonchev–Trinajstić information content (AvgIpc) is 3.54. The predicted molar refractivity (Wildman–Crippen MR) is 143 cm³/mol. The summed E-state index contributed by atoms with van der Waals surface area (Å²) in [5.41, 5.74) is 7.04. The summed E-state index contributed by atoms with van der Waals surface area (Å²) < 4.78 is 9.52. The van der Waals surface area contributed by atoms with Crippen molar-refractivity contribution >= 4 is 28.2 Å². The van der Waals surface area contributed by atoms with Crippen molar-refractivity contribution in [3.63, 3.8) is 0 Å². The van der Waals surface area contributed by atoms with E-state index >= 15 is 0 Å². The molecule has 1 atom stereocenters. The van der Waals surface area contributed by atoms with Gasteiger partial charge in [0.1, 0.15) is 6.10 Å². The Kier molecular flexibility index (Phi) is 5.75. The number of hydrogen-bond acceptors (Lipinski definition) is 6. The summed E-state index contributed by atoms with van der Waals surface area (Å²) in [6.45, 7) is 6.50. The fourth-order valence-corrected chi connectivity index (χ4v) is 4.87. The van der Waals surface area contributed by atoms with E-state index in [4.69, 9.17) is 4.74 Å². The maximum Gasteiger partial charge on any atom is 0.410 e. The van der Waals surface area contributed by atoms with Gasteiger partial charge >= 0.3 is 6.09 Å². The van der Waals surface area contributed by atoms with Gasteiger partial charge in [0.15, 0.2) is 0 Å². The number of piperazine rings is 1. The van der Waals surface area contributed by atoms with Gasteiger partial charge in [0.05, 0.1) is 29.1 Å². The SMILES string of the molecule is Cc1ccc2ccc(C(C)OC(=O)N3CCN(c4cnn5cc(-c6cnn(C)c6)ccc45)CC3)cc2n1. The van der Waals surface area contributed by atoms with Crippen LogP contribution < -0.4 is 4.90 Å². The van der Waals surface area contributed by atoms with Gasteiger partial charge in [-0.3, -0.25) is 9.67 Å². The van der Waals surface area contributed by atoms with Gasteiger partial charge in [0, 0.05) is 67.8 Å². The first-order chi connectivity index (χ1) is 17.9. The summed E-state index contributed by atoms with van der Waals surface area (Å²) in [4.78, 5) is 21.6.